The van der Waals surface area contributed by atoms with Crippen LogP contribution in [0.1, 0.15) is 11.1 Å². The molecule has 6 aromatic rings. The van der Waals surface area contributed by atoms with E-state index >= 15 is 0 Å². The molecule has 0 amide bonds. The molecule has 7 nitrogen and oxygen atoms in total. The van der Waals surface area contributed by atoms with Crippen molar-refractivity contribution in [2.75, 3.05) is 5.73 Å². The minimum atomic E-state index is -0.0244. The zero-order valence-electron chi connectivity index (χ0n) is 18.3. The van der Waals surface area contributed by atoms with E-state index in [1.807, 2.05) is 51.7 Å². The average Bonchev–Trinajstić information content (AvgIpc) is 3.46. The fraction of sp³-hybridized carbons (Fsp3) is 0.0741. The van der Waals surface area contributed by atoms with Gasteiger partial charge in [-0.05, 0) is 34.9 Å². The van der Waals surface area contributed by atoms with Crippen LogP contribution in [0.3, 0.4) is 0 Å². The summed E-state index contributed by atoms with van der Waals surface area (Å²) in [6, 6.07) is 26.4. The smallest absolute Gasteiger partial charge is 0.152 e. The van der Waals surface area contributed by atoms with Crippen molar-refractivity contribution in [1.82, 2.24) is 24.4 Å². The van der Waals surface area contributed by atoms with E-state index in [9.17, 15) is 5.11 Å². The molecule has 6 rings (SSSR count). The molecule has 0 saturated carbocycles. The lowest BCUT2D eigenvalue weighted by atomic mass is 10.0. The zero-order valence-corrected chi connectivity index (χ0v) is 18.3. The third-order valence-electron chi connectivity index (χ3n) is 6.04. The first-order valence-electron chi connectivity index (χ1n) is 11.0. The van der Waals surface area contributed by atoms with Gasteiger partial charge in [0, 0.05) is 22.7 Å². The first-order valence-corrected chi connectivity index (χ1v) is 11.0. The SMILES string of the molecule is Nc1ncnn2c(-c3cccc(CO)c3)cc(-c3ccc4cn(Cc5ccccc5)nc4c3)c12. The normalized spacial score (nSPS) is 11.4. The Morgan fingerprint density at radius 3 is 2.56 bits per heavy atom. The quantitative estimate of drug-likeness (QED) is 0.406. The Bertz CT molecular complexity index is 1630. The number of hydrogen-bond acceptors (Lipinski definition) is 5. The fourth-order valence-corrected chi connectivity index (χ4v) is 4.41. The molecule has 7 heteroatoms. The molecule has 3 aromatic heterocycles. The third kappa shape index (κ3) is 3.48. The highest BCUT2D eigenvalue weighted by Gasteiger charge is 2.17. The monoisotopic (exact) mass is 446 g/mol. The minimum Gasteiger partial charge on any atom is -0.392 e. The number of fused-ring (bicyclic) bond motifs is 2. The van der Waals surface area contributed by atoms with Gasteiger partial charge in [0.05, 0.1) is 24.4 Å². The molecule has 166 valence electrons. The Labute approximate surface area is 195 Å². The summed E-state index contributed by atoms with van der Waals surface area (Å²) < 4.78 is 3.78. The second-order valence-corrected chi connectivity index (χ2v) is 8.29. The summed E-state index contributed by atoms with van der Waals surface area (Å²) in [6.45, 7) is 0.690. The maximum absolute atomic E-state index is 9.58. The summed E-state index contributed by atoms with van der Waals surface area (Å²) in [5.41, 5.74) is 13.7. The number of nitrogen functional groups attached to an aromatic ring is 1. The molecule has 0 fully saturated rings. The van der Waals surface area contributed by atoms with Gasteiger partial charge in [-0.15, -0.1) is 0 Å². The van der Waals surface area contributed by atoms with Crippen LogP contribution in [-0.4, -0.2) is 29.5 Å². The molecular formula is C27H22N6O. The van der Waals surface area contributed by atoms with Crippen LogP contribution in [0, 0.1) is 0 Å². The predicted molar refractivity (Wildman–Crippen MR) is 133 cm³/mol. The molecule has 0 atom stereocenters. The van der Waals surface area contributed by atoms with E-state index in [0.717, 1.165) is 44.4 Å². The van der Waals surface area contributed by atoms with Gasteiger partial charge in [0.1, 0.15) is 11.8 Å². The summed E-state index contributed by atoms with van der Waals surface area (Å²) in [7, 11) is 0. The number of aromatic nitrogens is 5. The fourth-order valence-electron chi connectivity index (χ4n) is 4.41. The topological polar surface area (TPSA) is 94.3 Å². The van der Waals surface area contributed by atoms with Crippen molar-refractivity contribution in [2.45, 2.75) is 13.2 Å². The van der Waals surface area contributed by atoms with Gasteiger partial charge in [0.15, 0.2) is 5.82 Å². The number of aliphatic hydroxyl groups excluding tert-OH is 1. The van der Waals surface area contributed by atoms with Gasteiger partial charge < -0.3 is 10.8 Å². The Morgan fingerprint density at radius 2 is 1.71 bits per heavy atom. The maximum atomic E-state index is 9.58. The summed E-state index contributed by atoms with van der Waals surface area (Å²) >= 11 is 0. The van der Waals surface area contributed by atoms with E-state index in [4.69, 9.17) is 10.8 Å². The minimum absolute atomic E-state index is 0.0244. The van der Waals surface area contributed by atoms with Gasteiger partial charge >= 0.3 is 0 Å². The van der Waals surface area contributed by atoms with E-state index < -0.39 is 0 Å². The number of benzene rings is 3. The highest BCUT2D eigenvalue weighted by Crippen LogP contribution is 2.35. The summed E-state index contributed by atoms with van der Waals surface area (Å²) in [4.78, 5) is 4.23. The Kier molecular flexibility index (Phi) is 4.82. The molecule has 3 heterocycles. The third-order valence-corrected chi connectivity index (χ3v) is 6.04. The van der Waals surface area contributed by atoms with Crippen LogP contribution in [0.4, 0.5) is 5.82 Å². The number of nitrogens with zero attached hydrogens (tertiary/aromatic N) is 5. The van der Waals surface area contributed by atoms with Crippen LogP contribution in [0.25, 0.3) is 38.8 Å². The Morgan fingerprint density at radius 1 is 0.853 bits per heavy atom. The van der Waals surface area contributed by atoms with Gasteiger partial charge in [-0.2, -0.15) is 10.2 Å². The molecule has 34 heavy (non-hydrogen) atoms. The molecule has 0 saturated heterocycles. The van der Waals surface area contributed by atoms with Crippen molar-refractivity contribution in [3.63, 3.8) is 0 Å². The molecule has 3 N–H and O–H groups in total. The van der Waals surface area contributed by atoms with E-state index in [1.165, 1.54) is 11.9 Å². The summed E-state index contributed by atoms with van der Waals surface area (Å²) in [5, 5.41) is 19.9. The first kappa shape index (κ1) is 20.1. The molecule has 0 radical (unpaired) electrons. The second-order valence-electron chi connectivity index (χ2n) is 8.29. The van der Waals surface area contributed by atoms with Crippen LogP contribution in [-0.2, 0) is 13.2 Å². The number of aliphatic hydroxyl groups is 1. The lowest BCUT2D eigenvalue weighted by Crippen LogP contribution is -2.00. The van der Waals surface area contributed by atoms with Crippen molar-refractivity contribution in [1.29, 1.82) is 0 Å². The standard InChI is InChI=1S/C27H22N6O/c28-27-26-23(13-25(33(26)30-17-29-27)21-8-4-7-19(11-21)16-34)20-9-10-22-15-32(31-24(22)12-20)14-18-5-2-1-3-6-18/h1-13,15,17,34H,14,16H2,(H2,28,29,30). The second kappa shape index (κ2) is 8.13. The van der Waals surface area contributed by atoms with Crippen molar-refractivity contribution in [3.05, 3.63) is 103 Å². The van der Waals surface area contributed by atoms with Gasteiger partial charge in [-0.1, -0.05) is 60.7 Å². The van der Waals surface area contributed by atoms with Crippen LogP contribution in [0.2, 0.25) is 0 Å². The molecule has 0 unspecified atom stereocenters. The summed E-state index contributed by atoms with van der Waals surface area (Å²) in [6.07, 6.45) is 3.52. The van der Waals surface area contributed by atoms with Crippen LogP contribution >= 0.6 is 0 Å². The average molecular weight is 447 g/mol. The van der Waals surface area contributed by atoms with E-state index in [2.05, 4.69) is 52.7 Å². The van der Waals surface area contributed by atoms with E-state index in [0.29, 0.717) is 12.4 Å². The molecule has 0 aliphatic rings. The number of hydrogen-bond donors (Lipinski definition) is 2. The Balaban J connectivity index is 1.47. The van der Waals surface area contributed by atoms with Gasteiger partial charge in [0.2, 0.25) is 0 Å². The lowest BCUT2D eigenvalue weighted by Gasteiger charge is -2.05. The van der Waals surface area contributed by atoms with Crippen molar-refractivity contribution < 1.29 is 5.11 Å². The summed E-state index contributed by atoms with van der Waals surface area (Å²) in [5.74, 6) is 0.407. The highest BCUT2D eigenvalue weighted by atomic mass is 16.3. The highest BCUT2D eigenvalue weighted by molar-refractivity contribution is 5.94. The van der Waals surface area contributed by atoms with E-state index in [-0.39, 0.29) is 6.61 Å². The molecule has 0 aliphatic heterocycles. The first-order chi connectivity index (χ1) is 16.7. The van der Waals surface area contributed by atoms with Crippen LogP contribution in [0.5, 0.6) is 0 Å². The van der Waals surface area contributed by atoms with Crippen molar-refractivity contribution >= 4 is 22.2 Å². The van der Waals surface area contributed by atoms with E-state index in [1.54, 1.807) is 0 Å². The predicted octanol–water partition coefficient (Wildman–Crippen LogP) is 4.54. The molecule has 0 spiro atoms. The number of nitrogens with two attached hydrogens (primary N) is 1. The number of rotatable bonds is 5. The largest absolute Gasteiger partial charge is 0.392 e. The van der Waals surface area contributed by atoms with Gasteiger partial charge in [-0.25, -0.2) is 9.50 Å². The molecule has 0 bridgehead atoms. The zero-order chi connectivity index (χ0) is 23.1. The molecule has 0 aliphatic carbocycles. The number of anilines is 1. The van der Waals surface area contributed by atoms with Crippen LogP contribution < -0.4 is 5.73 Å². The maximum Gasteiger partial charge on any atom is 0.152 e. The lowest BCUT2D eigenvalue weighted by molar-refractivity contribution is 0.282. The van der Waals surface area contributed by atoms with Crippen molar-refractivity contribution in [3.8, 4) is 22.4 Å². The van der Waals surface area contributed by atoms with Crippen LogP contribution in [0.15, 0.2) is 91.4 Å². The van der Waals surface area contributed by atoms with Crippen molar-refractivity contribution in [2.24, 2.45) is 0 Å². The Hall–Kier alpha value is -4.49. The van der Waals surface area contributed by atoms with Gasteiger partial charge in [0.25, 0.3) is 0 Å². The molecule has 3 aromatic carbocycles. The molecular weight excluding hydrogens is 424 g/mol. The van der Waals surface area contributed by atoms with Gasteiger partial charge in [-0.3, -0.25) is 4.68 Å².